The van der Waals surface area contributed by atoms with Crippen molar-refractivity contribution in [3.05, 3.63) is 40.6 Å². The molecule has 0 spiro atoms. The maximum atomic E-state index is 11.7. The normalized spacial score (nSPS) is 10.5. The molecule has 2 N–H and O–H groups in total. The number of rotatable bonds is 4. The van der Waals surface area contributed by atoms with E-state index in [9.17, 15) is 4.79 Å². The molecule has 6 heteroatoms. The zero-order chi connectivity index (χ0) is 12.3. The molecule has 0 unspecified atom stereocenters. The van der Waals surface area contributed by atoms with Crippen LogP contribution in [0.15, 0.2) is 29.1 Å². The van der Waals surface area contributed by atoms with Crippen LogP contribution in [0, 0.1) is 0 Å². The number of methoxy groups -OCH3 is 1. The van der Waals surface area contributed by atoms with Crippen molar-refractivity contribution in [2.45, 2.75) is 6.42 Å². The molecule has 0 aliphatic carbocycles. The fourth-order valence-electron chi connectivity index (χ4n) is 1.55. The van der Waals surface area contributed by atoms with E-state index in [2.05, 4.69) is 10.1 Å². The number of benzene rings is 1. The van der Waals surface area contributed by atoms with Crippen LogP contribution in [-0.2, 0) is 6.42 Å². The fourth-order valence-corrected chi connectivity index (χ4v) is 1.55. The minimum absolute atomic E-state index is 0.0567. The average molecular weight is 235 g/mol. The number of aliphatic hydroxyl groups is 1. The molecule has 0 atom stereocenters. The monoisotopic (exact) mass is 235 g/mol. The summed E-state index contributed by atoms with van der Waals surface area (Å²) in [6.45, 7) is -0.0567. The summed E-state index contributed by atoms with van der Waals surface area (Å²) < 4.78 is 6.39. The third-order valence-corrected chi connectivity index (χ3v) is 2.33. The zero-order valence-corrected chi connectivity index (χ0v) is 9.38. The Kier molecular flexibility index (Phi) is 3.24. The molecule has 6 nitrogen and oxygen atoms in total. The summed E-state index contributed by atoms with van der Waals surface area (Å²) in [7, 11) is 1.53. The van der Waals surface area contributed by atoms with Gasteiger partial charge in [0.25, 0.3) is 0 Å². The molecule has 2 aromatic rings. The largest absolute Gasteiger partial charge is 0.494 e. The Hall–Kier alpha value is -2.08. The van der Waals surface area contributed by atoms with E-state index in [-0.39, 0.29) is 12.3 Å². The first-order chi connectivity index (χ1) is 8.26. The smallest absolute Gasteiger partial charge is 0.348 e. The lowest BCUT2D eigenvalue weighted by Crippen LogP contribution is -2.16. The summed E-state index contributed by atoms with van der Waals surface area (Å²) in [5, 5.41) is 12.9. The minimum Gasteiger partial charge on any atom is -0.494 e. The highest BCUT2D eigenvalue weighted by atomic mass is 16.5. The Morgan fingerprint density at radius 2 is 2.24 bits per heavy atom. The van der Waals surface area contributed by atoms with Crippen LogP contribution in [0.1, 0.15) is 5.82 Å². The van der Waals surface area contributed by atoms with E-state index in [1.807, 2.05) is 6.07 Å². The summed E-state index contributed by atoms with van der Waals surface area (Å²) in [5.41, 5.74) is 0.221. The second-order valence-electron chi connectivity index (χ2n) is 3.43. The quantitative estimate of drug-likeness (QED) is 0.787. The van der Waals surface area contributed by atoms with Gasteiger partial charge in [-0.2, -0.15) is 4.68 Å². The van der Waals surface area contributed by atoms with Crippen LogP contribution in [0.2, 0.25) is 0 Å². The molecule has 2 rings (SSSR count). The van der Waals surface area contributed by atoms with Gasteiger partial charge in [0.15, 0.2) is 0 Å². The van der Waals surface area contributed by atoms with Crippen molar-refractivity contribution in [2.24, 2.45) is 0 Å². The van der Waals surface area contributed by atoms with Crippen LogP contribution >= 0.6 is 0 Å². The highest BCUT2D eigenvalue weighted by Gasteiger charge is 2.10. The van der Waals surface area contributed by atoms with Crippen molar-refractivity contribution in [3.8, 4) is 11.4 Å². The Labute approximate surface area is 97.5 Å². The van der Waals surface area contributed by atoms with Crippen molar-refractivity contribution in [1.82, 2.24) is 14.8 Å². The Morgan fingerprint density at radius 1 is 1.47 bits per heavy atom. The molecule has 0 saturated heterocycles. The standard InChI is InChI=1S/C11H13N3O3/c1-17-9-5-3-2-4-8(9)14-11(16)12-10(13-14)6-7-15/h2-5,15H,6-7H2,1H3,(H,12,13,16). The van der Waals surface area contributed by atoms with E-state index >= 15 is 0 Å². The van der Waals surface area contributed by atoms with E-state index in [4.69, 9.17) is 9.84 Å². The summed E-state index contributed by atoms with van der Waals surface area (Å²) in [6, 6.07) is 7.10. The SMILES string of the molecule is COc1ccccc1-n1nc(CCO)[nH]c1=O. The van der Waals surface area contributed by atoms with Gasteiger partial charge in [0.1, 0.15) is 17.3 Å². The van der Waals surface area contributed by atoms with Gasteiger partial charge in [0.2, 0.25) is 0 Å². The van der Waals surface area contributed by atoms with Crippen molar-refractivity contribution < 1.29 is 9.84 Å². The molecule has 0 fully saturated rings. The number of nitrogens with zero attached hydrogens (tertiary/aromatic N) is 2. The molecule has 1 aromatic carbocycles. The summed E-state index contributed by atoms with van der Waals surface area (Å²) in [6.07, 6.45) is 0.317. The van der Waals surface area contributed by atoms with E-state index in [0.717, 1.165) is 0 Å². The van der Waals surface area contributed by atoms with E-state index in [1.165, 1.54) is 11.8 Å². The highest BCUT2D eigenvalue weighted by Crippen LogP contribution is 2.19. The van der Waals surface area contributed by atoms with Crippen LogP contribution in [-0.4, -0.2) is 33.6 Å². The number of hydrogen-bond acceptors (Lipinski definition) is 4. The molecule has 0 aliphatic rings. The van der Waals surface area contributed by atoms with Crippen LogP contribution in [0.3, 0.4) is 0 Å². The minimum atomic E-state index is -0.349. The van der Waals surface area contributed by atoms with E-state index < -0.39 is 0 Å². The number of nitrogens with one attached hydrogen (secondary N) is 1. The number of aromatic amines is 1. The van der Waals surface area contributed by atoms with Gasteiger partial charge in [-0.15, -0.1) is 5.10 Å². The van der Waals surface area contributed by atoms with Crippen LogP contribution in [0.4, 0.5) is 0 Å². The number of hydrogen-bond donors (Lipinski definition) is 2. The number of aliphatic hydroxyl groups excluding tert-OH is 1. The number of para-hydroxylation sites is 2. The van der Waals surface area contributed by atoms with Gasteiger partial charge in [-0.05, 0) is 12.1 Å². The van der Waals surface area contributed by atoms with Crippen LogP contribution in [0.5, 0.6) is 5.75 Å². The predicted molar refractivity (Wildman–Crippen MR) is 61.5 cm³/mol. The van der Waals surface area contributed by atoms with Crippen molar-refractivity contribution in [2.75, 3.05) is 13.7 Å². The van der Waals surface area contributed by atoms with Gasteiger partial charge in [0.05, 0.1) is 13.7 Å². The van der Waals surface area contributed by atoms with Crippen LogP contribution < -0.4 is 10.4 Å². The van der Waals surface area contributed by atoms with Gasteiger partial charge >= 0.3 is 5.69 Å². The van der Waals surface area contributed by atoms with Gasteiger partial charge < -0.3 is 9.84 Å². The lowest BCUT2D eigenvalue weighted by atomic mass is 10.3. The highest BCUT2D eigenvalue weighted by molar-refractivity contribution is 5.45. The Balaban J connectivity index is 2.49. The second kappa shape index (κ2) is 4.84. The third kappa shape index (κ3) is 2.21. The van der Waals surface area contributed by atoms with Gasteiger partial charge in [-0.3, -0.25) is 4.98 Å². The molecular formula is C11H13N3O3. The van der Waals surface area contributed by atoms with Gasteiger partial charge in [-0.1, -0.05) is 12.1 Å². The van der Waals surface area contributed by atoms with Crippen molar-refractivity contribution in [3.63, 3.8) is 0 Å². The molecule has 0 amide bonds. The lowest BCUT2D eigenvalue weighted by Gasteiger charge is -2.05. The third-order valence-electron chi connectivity index (χ3n) is 2.33. The first-order valence-corrected chi connectivity index (χ1v) is 5.18. The molecule has 0 radical (unpaired) electrons. The molecule has 0 saturated carbocycles. The molecule has 90 valence electrons. The topological polar surface area (TPSA) is 80.1 Å². The van der Waals surface area contributed by atoms with Gasteiger partial charge in [-0.25, -0.2) is 4.79 Å². The van der Waals surface area contributed by atoms with Crippen molar-refractivity contribution >= 4 is 0 Å². The number of aromatic nitrogens is 3. The first-order valence-electron chi connectivity index (χ1n) is 5.18. The number of H-pyrrole nitrogens is 1. The first kappa shape index (κ1) is 11.4. The summed E-state index contributed by atoms with van der Waals surface area (Å²) in [4.78, 5) is 14.3. The average Bonchev–Trinajstić information content (AvgIpc) is 2.70. The van der Waals surface area contributed by atoms with E-state index in [1.54, 1.807) is 18.2 Å². The zero-order valence-electron chi connectivity index (χ0n) is 9.38. The summed E-state index contributed by atoms with van der Waals surface area (Å²) in [5.74, 6) is 1.01. The Morgan fingerprint density at radius 3 is 2.94 bits per heavy atom. The molecule has 0 aliphatic heterocycles. The fraction of sp³-hybridized carbons (Fsp3) is 0.273. The molecular weight excluding hydrogens is 222 g/mol. The molecule has 0 bridgehead atoms. The van der Waals surface area contributed by atoms with Crippen LogP contribution in [0.25, 0.3) is 5.69 Å². The number of ether oxygens (including phenoxy) is 1. The van der Waals surface area contributed by atoms with Crippen molar-refractivity contribution in [1.29, 1.82) is 0 Å². The van der Waals surface area contributed by atoms with Gasteiger partial charge in [0, 0.05) is 6.42 Å². The molecule has 17 heavy (non-hydrogen) atoms. The predicted octanol–water partition coefficient (Wildman–Crippen LogP) is 0.104. The Bertz CT molecular complexity index is 559. The maximum Gasteiger partial charge on any atom is 0.348 e. The van der Waals surface area contributed by atoms with E-state index in [0.29, 0.717) is 23.7 Å². The molecule has 1 heterocycles. The molecule has 1 aromatic heterocycles. The lowest BCUT2D eigenvalue weighted by molar-refractivity contribution is 0.296. The summed E-state index contributed by atoms with van der Waals surface area (Å²) >= 11 is 0. The maximum absolute atomic E-state index is 11.7. The second-order valence-corrected chi connectivity index (χ2v) is 3.43.